The van der Waals surface area contributed by atoms with Gasteiger partial charge in [-0.15, -0.1) is 0 Å². The van der Waals surface area contributed by atoms with E-state index in [9.17, 15) is 0 Å². The number of unbranched alkanes of at least 4 members (excludes halogenated alkanes) is 1. The highest BCUT2D eigenvalue weighted by Crippen LogP contribution is 2.53. The van der Waals surface area contributed by atoms with E-state index in [0.29, 0.717) is 5.92 Å². The maximum Gasteiger partial charge on any atom is 0.469 e. The molecule has 2 aliphatic rings. The molecule has 138 valence electrons. The smallest absolute Gasteiger partial charge is 0.469 e. The zero-order chi connectivity index (χ0) is 18.3. The molecule has 1 aliphatic heterocycles. The van der Waals surface area contributed by atoms with Gasteiger partial charge in [0, 0.05) is 5.31 Å². The van der Waals surface area contributed by atoms with E-state index < -0.39 is 0 Å². The Balaban J connectivity index is 1.88. The van der Waals surface area contributed by atoms with Crippen molar-refractivity contribution in [3.05, 3.63) is 29.8 Å². The molecule has 1 aromatic carbocycles. The summed E-state index contributed by atoms with van der Waals surface area (Å²) in [4.78, 5) is 0. The van der Waals surface area contributed by atoms with Crippen molar-refractivity contribution in [2.75, 3.05) is 6.61 Å². The van der Waals surface area contributed by atoms with Gasteiger partial charge in [-0.3, -0.25) is 0 Å². The van der Waals surface area contributed by atoms with Crippen LogP contribution in [0, 0.1) is 5.92 Å². The van der Waals surface area contributed by atoms with Crippen LogP contribution < -0.4 is 4.74 Å². The van der Waals surface area contributed by atoms with Gasteiger partial charge in [0.15, 0.2) is 0 Å². The van der Waals surface area contributed by atoms with Crippen molar-refractivity contribution in [1.82, 2.24) is 0 Å². The summed E-state index contributed by atoms with van der Waals surface area (Å²) in [6.07, 6.45) is 4.71. The van der Waals surface area contributed by atoms with Crippen molar-refractivity contribution in [2.24, 2.45) is 5.92 Å². The highest BCUT2D eigenvalue weighted by Gasteiger charge is 2.62. The third kappa shape index (κ3) is 3.48. The first-order chi connectivity index (χ1) is 11.7. The molecule has 1 aromatic rings. The van der Waals surface area contributed by atoms with Crippen molar-refractivity contribution in [2.45, 2.75) is 83.7 Å². The molecule has 25 heavy (non-hydrogen) atoms. The first kappa shape index (κ1) is 18.8. The molecule has 0 N–H and O–H groups in total. The number of ether oxygens (including phenoxy) is 1. The van der Waals surface area contributed by atoms with Crippen molar-refractivity contribution >= 4 is 7.12 Å². The van der Waals surface area contributed by atoms with Gasteiger partial charge in [-0.05, 0) is 70.6 Å². The SMILES string of the molecule is CCCCOc1cccc([C@@](C)(B2OC(C)(C)C(C)(C)O2)C2CC2)c1. The van der Waals surface area contributed by atoms with Crippen LogP contribution in [0.25, 0.3) is 0 Å². The summed E-state index contributed by atoms with van der Waals surface area (Å²) in [5, 5.41) is -0.144. The normalized spacial score (nSPS) is 24.2. The molecular formula is C21H33BO3. The van der Waals surface area contributed by atoms with Gasteiger partial charge in [-0.2, -0.15) is 0 Å². The fourth-order valence-electron chi connectivity index (χ4n) is 3.59. The van der Waals surface area contributed by atoms with Gasteiger partial charge in [0.25, 0.3) is 0 Å². The van der Waals surface area contributed by atoms with Crippen LogP contribution in [0.4, 0.5) is 0 Å². The van der Waals surface area contributed by atoms with Crippen LogP contribution in [-0.4, -0.2) is 24.9 Å². The van der Waals surface area contributed by atoms with Gasteiger partial charge in [0.2, 0.25) is 0 Å². The lowest BCUT2D eigenvalue weighted by molar-refractivity contribution is 0.00578. The second kappa shape index (κ2) is 6.63. The predicted molar refractivity (Wildman–Crippen MR) is 103 cm³/mol. The molecule has 0 amide bonds. The summed E-state index contributed by atoms with van der Waals surface area (Å²) in [5.41, 5.74) is 0.661. The van der Waals surface area contributed by atoms with Crippen molar-refractivity contribution < 1.29 is 14.0 Å². The van der Waals surface area contributed by atoms with Crippen LogP contribution >= 0.6 is 0 Å². The van der Waals surface area contributed by atoms with E-state index in [4.69, 9.17) is 14.0 Å². The minimum atomic E-state index is -0.303. The van der Waals surface area contributed by atoms with Gasteiger partial charge < -0.3 is 14.0 Å². The zero-order valence-corrected chi connectivity index (χ0v) is 16.7. The maximum absolute atomic E-state index is 6.46. The molecule has 0 aromatic heterocycles. The lowest BCUT2D eigenvalue weighted by Gasteiger charge is -2.32. The van der Waals surface area contributed by atoms with Crippen LogP contribution in [0.3, 0.4) is 0 Å². The first-order valence-corrected chi connectivity index (χ1v) is 9.79. The maximum atomic E-state index is 6.46. The lowest BCUT2D eigenvalue weighted by atomic mass is 9.52. The number of hydrogen-bond acceptors (Lipinski definition) is 3. The molecule has 1 aliphatic carbocycles. The van der Waals surface area contributed by atoms with Crippen LogP contribution in [0.5, 0.6) is 5.75 Å². The highest BCUT2D eigenvalue weighted by atomic mass is 16.7. The molecule has 0 bridgehead atoms. The van der Waals surface area contributed by atoms with E-state index >= 15 is 0 Å². The monoisotopic (exact) mass is 344 g/mol. The fourth-order valence-corrected chi connectivity index (χ4v) is 3.59. The second-order valence-corrected chi connectivity index (χ2v) is 8.88. The summed E-state index contributed by atoms with van der Waals surface area (Å²) in [7, 11) is -0.226. The van der Waals surface area contributed by atoms with E-state index in [2.05, 4.69) is 65.8 Å². The summed E-state index contributed by atoms with van der Waals surface area (Å²) < 4.78 is 18.9. The van der Waals surface area contributed by atoms with Crippen LogP contribution in [0.2, 0.25) is 0 Å². The molecule has 0 unspecified atom stereocenters. The van der Waals surface area contributed by atoms with Crippen molar-refractivity contribution in [3.63, 3.8) is 0 Å². The van der Waals surface area contributed by atoms with Crippen LogP contribution in [0.1, 0.15) is 72.8 Å². The zero-order valence-electron chi connectivity index (χ0n) is 16.7. The number of hydrogen-bond donors (Lipinski definition) is 0. The third-order valence-electron chi connectivity index (χ3n) is 6.39. The van der Waals surface area contributed by atoms with Gasteiger partial charge in [-0.25, -0.2) is 0 Å². The first-order valence-electron chi connectivity index (χ1n) is 9.79. The standard InChI is InChI=1S/C21H33BO3/c1-7-8-14-23-18-11-9-10-17(15-18)21(6,16-12-13-16)22-24-19(2,3)20(4,5)25-22/h9-11,15-16H,7-8,12-14H2,1-6H3/t21-/m0/s1. The Morgan fingerprint density at radius 1 is 1.16 bits per heavy atom. The minimum Gasteiger partial charge on any atom is -0.494 e. The Morgan fingerprint density at radius 2 is 1.80 bits per heavy atom. The Hall–Kier alpha value is -0.995. The van der Waals surface area contributed by atoms with Crippen molar-refractivity contribution in [1.29, 1.82) is 0 Å². The van der Waals surface area contributed by atoms with Gasteiger partial charge in [0.05, 0.1) is 17.8 Å². The Labute approximate surface area is 153 Å². The molecule has 1 atom stereocenters. The van der Waals surface area contributed by atoms with Gasteiger partial charge >= 0.3 is 7.12 Å². The number of benzene rings is 1. The molecule has 1 saturated carbocycles. The average molecular weight is 344 g/mol. The molecule has 3 rings (SSSR count). The van der Waals surface area contributed by atoms with E-state index in [1.807, 2.05) is 0 Å². The van der Waals surface area contributed by atoms with E-state index in [1.165, 1.54) is 18.4 Å². The summed E-state index contributed by atoms with van der Waals surface area (Å²) in [6.45, 7) is 13.8. The molecule has 0 spiro atoms. The van der Waals surface area contributed by atoms with Gasteiger partial charge in [0.1, 0.15) is 5.75 Å². The van der Waals surface area contributed by atoms with E-state index in [-0.39, 0.29) is 23.6 Å². The topological polar surface area (TPSA) is 27.7 Å². The Kier molecular flexibility index (Phi) is 4.98. The number of rotatable bonds is 7. The Bertz CT molecular complexity index is 593. The molecule has 0 radical (unpaired) electrons. The average Bonchev–Trinajstić information content (AvgIpc) is 3.35. The largest absolute Gasteiger partial charge is 0.494 e. The van der Waals surface area contributed by atoms with E-state index in [0.717, 1.165) is 25.2 Å². The summed E-state index contributed by atoms with van der Waals surface area (Å²) in [5.74, 6) is 1.56. The van der Waals surface area contributed by atoms with Crippen LogP contribution in [0.15, 0.2) is 24.3 Å². The van der Waals surface area contributed by atoms with Crippen LogP contribution in [-0.2, 0) is 14.6 Å². The quantitative estimate of drug-likeness (QED) is 0.505. The fraction of sp³-hybridized carbons (Fsp3) is 0.714. The molecule has 3 nitrogen and oxygen atoms in total. The van der Waals surface area contributed by atoms with E-state index in [1.54, 1.807) is 0 Å². The Morgan fingerprint density at radius 3 is 2.36 bits per heavy atom. The second-order valence-electron chi connectivity index (χ2n) is 8.88. The molecule has 1 heterocycles. The summed E-state index contributed by atoms with van der Waals surface area (Å²) in [6, 6.07) is 8.55. The third-order valence-corrected chi connectivity index (χ3v) is 6.39. The summed E-state index contributed by atoms with van der Waals surface area (Å²) >= 11 is 0. The predicted octanol–water partition coefficient (Wildman–Crippen LogP) is 5.16. The molecule has 4 heteroatoms. The minimum absolute atomic E-state index is 0.144. The molecule has 1 saturated heterocycles. The molecular weight excluding hydrogens is 311 g/mol. The lowest BCUT2D eigenvalue weighted by Crippen LogP contribution is -2.45. The molecule has 2 fully saturated rings. The van der Waals surface area contributed by atoms with Crippen molar-refractivity contribution in [3.8, 4) is 5.75 Å². The highest BCUT2D eigenvalue weighted by molar-refractivity contribution is 6.50. The van der Waals surface area contributed by atoms with Gasteiger partial charge in [-0.1, -0.05) is 32.4 Å².